The zero-order chi connectivity index (χ0) is 21.4. The Hall–Kier alpha value is -2.32. The van der Waals surface area contributed by atoms with E-state index in [1.807, 2.05) is 24.3 Å². The Morgan fingerprint density at radius 1 is 1.29 bits per heavy atom. The van der Waals surface area contributed by atoms with Crippen LogP contribution in [-0.4, -0.2) is 34.4 Å². The normalized spacial score (nSPS) is 16.0. The lowest BCUT2D eigenvalue weighted by Crippen LogP contribution is -2.34. The van der Waals surface area contributed by atoms with E-state index in [0.717, 1.165) is 47.9 Å². The Kier molecular flexibility index (Phi) is 5.75. The van der Waals surface area contributed by atoms with Gasteiger partial charge in [-0.05, 0) is 49.8 Å². The van der Waals surface area contributed by atoms with Gasteiger partial charge >= 0.3 is 0 Å². The van der Waals surface area contributed by atoms with Crippen LogP contribution in [0.1, 0.15) is 42.5 Å². The summed E-state index contributed by atoms with van der Waals surface area (Å²) < 4.78 is 7.01. The minimum absolute atomic E-state index is 0.00267. The maximum Gasteiger partial charge on any atom is 0.267 e. The molecule has 3 aromatic rings. The number of rotatable bonds is 6. The molecule has 162 valence electrons. The molecule has 5 rings (SSSR count). The predicted octanol–water partition coefficient (Wildman–Crippen LogP) is 4.10. The van der Waals surface area contributed by atoms with Gasteiger partial charge in [-0.25, -0.2) is 4.98 Å². The molecule has 1 aromatic carbocycles. The predicted molar refractivity (Wildman–Crippen MR) is 125 cm³/mol. The summed E-state index contributed by atoms with van der Waals surface area (Å²) in [6, 6.07) is 7.72. The van der Waals surface area contributed by atoms with Crippen molar-refractivity contribution in [3.05, 3.63) is 45.1 Å². The first-order valence-electron chi connectivity index (χ1n) is 10.8. The Morgan fingerprint density at radius 3 is 2.94 bits per heavy atom. The van der Waals surface area contributed by atoms with Crippen LogP contribution >= 0.6 is 23.1 Å². The van der Waals surface area contributed by atoms with Crippen molar-refractivity contribution in [1.29, 1.82) is 0 Å². The molecule has 0 spiro atoms. The molecule has 2 aromatic heterocycles. The number of carbonyl (C=O) groups excluding carboxylic acids is 1. The number of nitrogens with one attached hydrogen (secondary N) is 1. The summed E-state index contributed by atoms with van der Waals surface area (Å²) in [5, 5.41) is 4.40. The van der Waals surface area contributed by atoms with E-state index < -0.39 is 0 Å². The number of methoxy groups -OCH3 is 1. The Balaban J connectivity index is 1.54. The van der Waals surface area contributed by atoms with Crippen LogP contribution in [0.3, 0.4) is 0 Å². The molecule has 0 bridgehead atoms. The Morgan fingerprint density at radius 2 is 2.13 bits per heavy atom. The minimum Gasteiger partial charge on any atom is -0.497 e. The fourth-order valence-corrected chi connectivity index (χ4v) is 6.69. The van der Waals surface area contributed by atoms with Gasteiger partial charge in [0.15, 0.2) is 5.16 Å². The maximum atomic E-state index is 13.7. The van der Waals surface area contributed by atoms with E-state index in [-0.39, 0.29) is 23.3 Å². The number of fused-ring (bicyclic) bond motifs is 3. The highest BCUT2D eigenvalue weighted by molar-refractivity contribution is 7.99. The molecule has 1 fully saturated rings. The first-order chi connectivity index (χ1) is 15.1. The molecular formula is C23H25N3O3S2. The van der Waals surface area contributed by atoms with Gasteiger partial charge in [0.2, 0.25) is 5.91 Å². The van der Waals surface area contributed by atoms with E-state index in [4.69, 9.17) is 9.72 Å². The van der Waals surface area contributed by atoms with Gasteiger partial charge in [0.1, 0.15) is 10.6 Å². The van der Waals surface area contributed by atoms with Crippen molar-refractivity contribution in [2.45, 2.75) is 56.1 Å². The van der Waals surface area contributed by atoms with Crippen molar-refractivity contribution in [1.82, 2.24) is 14.9 Å². The molecular weight excluding hydrogens is 430 g/mol. The zero-order valence-electron chi connectivity index (χ0n) is 17.5. The quantitative estimate of drug-likeness (QED) is 0.448. The van der Waals surface area contributed by atoms with Crippen LogP contribution in [-0.2, 0) is 17.6 Å². The molecule has 2 aliphatic rings. The second kappa shape index (κ2) is 8.67. The molecule has 1 amide bonds. The van der Waals surface area contributed by atoms with Gasteiger partial charge in [0.25, 0.3) is 5.56 Å². The van der Waals surface area contributed by atoms with Crippen LogP contribution in [0.2, 0.25) is 0 Å². The lowest BCUT2D eigenvalue weighted by atomic mass is 10.2. The van der Waals surface area contributed by atoms with Gasteiger partial charge in [0, 0.05) is 17.0 Å². The number of amides is 1. The number of aromatic nitrogens is 2. The van der Waals surface area contributed by atoms with Crippen LogP contribution in [0.5, 0.6) is 5.75 Å². The molecule has 0 atom stereocenters. The smallest absolute Gasteiger partial charge is 0.267 e. The molecule has 1 saturated carbocycles. The van der Waals surface area contributed by atoms with E-state index in [2.05, 4.69) is 5.32 Å². The van der Waals surface area contributed by atoms with E-state index in [0.29, 0.717) is 16.6 Å². The summed E-state index contributed by atoms with van der Waals surface area (Å²) in [7, 11) is 1.61. The fourth-order valence-electron chi connectivity index (χ4n) is 4.57. The van der Waals surface area contributed by atoms with E-state index in [1.165, 1.54) is 29.5 Å². The largest absolute Gasteiger partial charge is 0.497 e. The Labute approximate surface area is 189 Å². The third kappa shape index (κ3) is 3.99. The van der Waals surface area contributed by atoms with Crippen LogP contribution in [0, 0.1) is 0 Å². The maximum absolute atomic E-state index is 13.7. The summed E-state index contributed by atoms with van der Waals surface area (Å²) in [5.74, 6) is 0.913. The van der Waals surface area contributed by atoms with Crippen LogP contribution in [0.15, 0.2) is 34.2 Å². The average molecular weight is 456 g/mol. The monoisotopic (exact) mass is 455 g/mol. The highest BCUT2D eigenvalue weighted by Crippen LogP contribution is 2.36. The lowest BCUT2D eigenvalue weighted by molar-refractivity contribution is -0.119. The van der Waals surface area contributed by atoms with Gasteiger partial charge in [-0.3, -0.25) is 14.2 Å². The van der Waals surface area contributed by atoms with Crippen molar-refractivity contribution in [2.24, 2.45) is 0 Å². The topological polar surface area (TPSA) is 73.2 Å². The van der Waals surface area contributed by atoms with Gasteiger partial charge < -0.3 is 10.1 Å². The SMILES string of the molecule is COc1cccc(-n2c(SCC(=O)NC3CCCC3)nc3sc4c(c3c2=O)CCC4)c1. The molecule has 0 radical (unpaired) electrons. The number of benzene rings is 1. The molecule has 2 heterocycles. The molecule has 0 aliphatic heterocycles. The lowest BCUT2D eigenvalue weighted by Gasteiger charge is -2.14. The number of hydrogen-bond acceptors (Lipinski definition) is 6. The summed E-state index contributed by atoms with van der Waals surface area (Å²) in [6.07, 6.45) is 7.49. The van der Waals surface area contributed by atoms with Crippen LogP contribution < -0.4 is 15.6 Å². The highest BCUT2D eigenvalue weighted by Gasteiger charge is 2.25. The molecule has 2 aliphatic carbocycles. The number of carbonyl (C=O) groups is 1. The molecule has 8 heteroatoms. The molecule has 1 N–H and O–H groups in total. The summed E-state index contributed by atoms with van der Waals surface area (Å²) in [4.78, 5) is 33.1. The standard InChI is InChI=1S/C23H25N3O3S2/c1-29-16-9-4-8-15(12-16)26-22(28)20-17-10-5-11-18(17)31-21(20)25-23(26)30-13-19(27)24-14-6-2-3-7-14/h4,8-9,12,14H,2-3,5-7,10-11,13H2,1H3,(H,24,27). The van der Waals surface area contributed by atoms with Gasteiger partial charge in [-0.15, -0.1) is 11.3 Å². The molecule has 6 nitrogen and oxygen atoms in total. The first kappa shape index (κ1) is 20.6. The van der Waals surface area contributed by atoms with Crippen molar-refractivity contribution in [3.63, 3.8) is 0 Å². The van der Waals surface area contributed by atoms with Crippen molar-refractivity contribution in [2.75, 3.05) is 12.9 Å². The average Bonchev–Trinajstić information content (AvgIpc) is 3.50. The second-order valence-corrected chi connectivity index (χ2v) is 10.1. The van der Waals surface area contributed by atoms with Crippen molar-refractivity contribution in [3.8, 4) is 11.4 Å². The van der Waals surface area contributed by atoms with Gasteiger partial charge in [0.05, 0.1) is 23.9 Å². The minimum atomic E-state index is -0.0589. The van der Waals surface area contributed by atoms with E-state index in [1.54, 1.807) is 23.0 Å². The summed E-state index contributed by atoms with van der Waals surface area (Å²) in [6.45, 7) is 0. The second-order valence-electron chi connectivity index (χ2n) is 8.11. The fraction of sp³-hybridized carbons (Fsp3) is 0.435. The van der Waals surface area contributed by atoms with Crippen LogP contribution in [0.4, 0.5) is 0 Å². The molecule has 0 unspecified atom stereocenters. The number of hydrogen-bond donors (Lipinski definition) is 1. The number of nitrogens with zero attached hydrogens (tertiary/aromatic N) is 2. The van der Waals surface area contributed by atoms with E-state index in [9.17, 15) is 9.59 Å². The number of thiophene rings is 1. The number of aryl methyl sites for hydroxylation is 2. The van der Waals surface area contributed by atoms with E-state index >= 15 is 0 Å². The highest BCUT2D eigenvalue weighted by atomic mass is 32.2. The van der Waals surface area contributed by atoms with Crippen molar-refractivity contribution < 1.29 is 9.53 Å². The van der Waals surface area contributed by atoms with Crippen LogP contribution in [0.25, 0.3) is 15.9 Å². The molecule has 31 heavy (non-hydrogen) atoms. The summed E-state index contributed by atoms with van der Waals surface area (Å²) >= 11 is 2.95. The van der Waals surface area contributed by atoms with Gasteiger partial charge in [-0.1, -0.05) is 30.7 Å². The van der Waals surface area contributed by atoms with Crippen molar-refractivity contribution >= 4 is 39.2 Å². The first-order valence-corrected chi connectivity index (χ1v) is 12.6. The summed E-state index contributed by atoms with van der Waals surface area (Å²) in [5.41, 5.74) is 1.80. The number of thioether (sulfide) groups is 1. The van der Waals surface area contributed by atoms with Gasteiger partial charge in [-0.2, -0.15) is 0 Å². The molecule has 0 saturated heterocycles. The Bertz CT molecular complexity index is 1190. The number of ether oxygens (including phenoxy) is 1. The third-order valence-electron chi connectivity index (χ3n) is 6.07. The zero-order valence-corrected chi connectivity index (χ0v) is 19.1. The third-order valence-corrected chi connectivity index (χ3v) is 8.20.